The first-order valence-electron chi connectivity index (χ1n) is 47.6. The van der Waals surface area contributed by atoms with Crippen LogP contribution in [0.4, 0.5) is 40.8 Å². The molecule has 5 aliphatic heterocycles. The first kappa shape index (κ1) is 104. The zero-order valence-electron chi connectivity index (χ0n) is 81.8. The van der Waals surface area contributed by atoms with Gasteiger partial charge in [0.05, 0.1) is 66.9 Å². The summed E-state index contributed by atoms with van der Waals surface area (Å²) in [6.07, 6.45) is 19.1. The van der Waals surface area contributed by atoms with Crippen molar-refractivity contribution in [1.29, 1.82) is 0 Å². The van der Waals surface area contributed by atoms with Crippen LogP contribution in [0.15, 0.2) is 49.1 Å². The lowest BCUT2D eigenvalue weighted by molar-refractivity contribution is -0.0367. The van der Waals surface area contributed by atoms with E-state index < -0.39 is 112 Å². The van der Waals surface area contributed by atoms with Gasteiger partial charge in [0, 0.05) is 140 Å². The van der Waals surface area contributed by atoms with E-state index in [1.807, 2.05) is 82.5 Å². The number of nitrogens with one attached hydrogen (secondary N) is 8. The van der Waals surface area contributed by atoms with Crippen molar-refractivity contribution in [2.24, 2.45) is 5.41 Å². The van der Waals surface area contributed by atoms with Crippen LogP contribution in [0, 0.1) is 33.1 Å². The number of hydrogen-bond donors (Lipinski definition) is 11. The number of aromatic nitrogens is 8. The van der Waals surface area contributed by atoms with E-state index in [0.29, 0.717) is 105 Å². The highest BCUT2D eigenvalue weighted by Gasteiger charge is 2.50. The smallest absolute Gasteiger partial charge is 0.280 e. The number of sulfone groups is 1. The summed E-state index contributed by atoms with van der Waals surface area (Å²) in [7, 11) is -3.15. The molecule has 33 nitrogen and oxygen atoms in total. The molecule has 8 aromatic heterocycles. The summed E-state index contributed by atoms with van der Waals surface area (Å²) in [5.41, 5.74) is 4.32. The molecule has 9 fully saturated rings. The fraction of sp³-hybridized carbons (Fsp3) is 0.588. The van der Waals surface area contributed by atoms with Crippen LogP contribution >= 0.6 is 45.3 Å². The summed E-state index contributed by atoms with van der Waals surface area (Å²) in [5, 5.41) is 54.9. The van der Waals surface area contributed by atoms with E-state index >= 15 is 0 Å². The minimum absolute atomic E-state index is 0.0280. The zero-order chi connectivity index (χ0) is 101. The number of pyridine rings is 4. The Bertz CT molecular complexity index is 6080. The van der Waals surface area contributed by atoms with Gasteiger partial charge in [0.1, 0.15) is 46.0 Å². The second-order valence-corrected chi connectivity index (χ2v) is 47.9. The molecule has 0 aromatic carbocycles. The number of hydrogen-bond acceptors (Lipinski definition) is 29. The van der Waals surface area contributed by atoms with Crippen LogP contribution in [-0.4, -0.2) is 270 Å². The van der Waals surface area contributed by atoms with Crippen LogP contribution < -0.4 is 42.5 Å². The minimum atomic E-state index is -3.15. The van der Waals surface area contributed by atoms with Crippen LogP contribution in [0.2, 0.25) is 0 Å². The highest BCUT2D eigenvalue weighted by molar-refractivity contribution is 7.92. The minimum Gasteiger partial charge on any atom is -0.390 e. The van der Waals surface area contributed by atoms with E-state index in [1.54, 1.807) is 59.4 Å². The number of halogens is 4. The molecular formula is C97H128F4N20O13S5. The summed E-state index contributed by atoms with van der Waals surface area (Å²) < 4.78 is 79.1. The number of aliphatic hydroxyl groups is 3. The largest absolute Gasteiger partial charge is 0.390 e. The second-order valence-electron chi connectivity index (χ2n) is 41.7. The summed E-state index contributed by atoms with van der Waals surface area (Å²) in [6.45, 7) is 33.2. The molecule has 0 unspecified atom stereocenters. The van der Waals surface area contributed by atoms with Crippen LogP contribution in [0.1, 0.15) is 296 Å². The Balaban J connectivity index is 0.000000148. The van der Waals surface area contributed by atoms with E-state index in [4.69, 9.17) is 0 Å². The fourth-order valence-electron chi connectivity index (χ4n) is 17.9. The highest BCUT2D eigenvalue weighted by Crippen LogP contribution is 2.45. The van der Waals surface area contributed by atoms with Crippen molar-refractivity contribution in [3.8, 4) is 41.8 Å². The Hall–Kier alpha value is -10.4. The van der Waals surface area contributed by atoms with Gasteiger partial charge in [-0.1, -0.05) is 33.6 Å². The molecule has 4 atom stereocenters. The van der Waals surface area contributed by atoms with Gasteiger partial charge < -0.3 is 77.5 Å². The highest BCUT2D eigenvalue weighted by atomic mass is 32.2. The lowest BCUT2D eigenvalue weighted by atomic mass is 9.77. The van der Waals surface area contributed by atoms with Gasteiger partial charge in [0.15, 0.2) is 29.9 Å². The Morgan fingerprint density at radius 3 is 1.23 bits per heavy atom. The maximum absolute atomic E-state index is 14.1. The summed E-state index contributed by atoms with van der Waals surface area (Å²) in [5.74, 6) is -6.75. The fourth-order valence-corrected chi connectivity index (χ4v) is 23.3. The number of aryl methyl sites for hydroxylation is 4. The number of carbonyl (C=O) groups excluding carboxylic acids is 8. The van der Waals surface area contributed by atoms with Crippen molar-refractivity contribution in [2.75, 3.05) is 78.6 Å². The number of nitrogens with zero attached hydrogens (tertiary/aromatic N) is 12. The van der Waals surface area contributed by atoms with Crippen LogP contribution in [0.5, 0.6) is 0 Å². The summed E-state index contributed by atoms with van der Waals surface area (Å²) in [6, 6.07) is 6.53. The Labute approximate surface area is 823 Å². The molecule has 42 heteroatoms. The Kier molecular flexibility index (Phi) is 31.0. The number of likely N-dealkylation sites (tertiary alicyclic amines) is 4. The third-order valence-corrected chi connectivity index (χ3v) is 32.3. The van der Waals surface area contributed by atoms with Crippen LogP contribution in [0.3, 0.4) is 0 Å². The van der Waals surface area contributed by atoms with Crippen molar-refractivity contribution >= 4 is 126 Å². The molecule has 139 heavy (non-hydrogen) atoms. The average Bonchev–Trinajstić information content (AvgIpc) is 1.63. The van der Waals surface area contributed by atoms with Crippen molar-refractivity contribution < 1.29 is 79.7 Å². The number of carbonyl (C=O) groups is 8. The molecule has 17 rings (SSSR count). The van der Waals surface area contributed by atoms with Gasteiger partial charge in [-0.25, -0.2) is 65.9 Å². The molecule has 5 saturated heterocycles. The topological polar surface area (TPSA) is 444 Å². The van der Waals surface area contributed by atoms with E-state index in [0.717, 1.165) is 129 Å². The lowest BCUT2D eigenvalue weighted by Gasteiger charge is -2.40. The third kappa shape index (κ3) is 26.1. The van der Waals surface area contributed by atoms with Crippen molar-refractivity contribution in [3.63, 3.8) is 0 Å². The lowest BCUT2D eigenvalue weighted by Crippen LogP contribution is -2.53. The zero-order valence-corrected chi connectivity index (χ0v) is 85.8. The van der Waals surface area contributed by atoms with Crippen molar-refractivity contribution in [2.45, 2.75) is 303 Å². The standard InChI is InChI=1S/C25H33N5O3S.C24H31F2N5O4S2.C24H31F2N5O3S.C24H33N5O3S/c1-15-12-19(28-17-7-3-4-8-17)26-13-18(15)21-20(24(32)30-11-5-6-16(30)2)29-23(34-21)22(31)27-14-25(33)9-10-25;1-13-6-17(28-11-23(3,4)5)27-8-16(13)19-18(22(33)31-12-24(25,26)7-14(31)2)30-21(36-19)20(32)29-15-9-37(34,35)10-15;1-12(2)28-17-6-13(3)16(10-27-17)19-18(22(33)31-11-24(25,26)7-14(31)4)30-21(35-19)20(32)29-15-8-23(5,34)9-15;1-14-11-17(28-24(5)8-9-24)25-12-16(14)19-18(22(31)29-10-6-7-15(29)2)27-21(33-19)20(30)26-13-23(3,4)32/h12-13,16-17,33H,3-11,14H2,1-2H3,(H,26,28)(H,27,31);6,8,14-15H,7,9-12H2,1-5H3,(H,27,28)(H,29,32);6,10,12,14-15,34H,7-9,11H2,1-5H3,(H,27,28)(H,29,32);11-12,15,32H,6-10,13H2,1-5H3,(H,25,28)(H,26,30)/t16-;14-;14-,15?,23?;15-/m0000/s1. The van der Waals surface area contributed by atoms with Crippen molar-refractivity contribution in [3.05, 3.63) is 114 Å². The molecule has 0 spiro atoms. The molecule has 11 N–H and O–H groups in total. The maximum atomic E-state index is 14.1. The second kappa shape index (κ2) is 41.3. The van der Waals surface area contributed by atoms with Gasteiger partial charge in [-0.05, 0) is 226 Å². The first-order valence-corrected chi connectivity index (χ1v) is 52.7. The first-order chi connectivity index (χ1) is 65.1. The third-order valence-electron chi connectivity index (χ3n) is 26.1. The number of alkyl halides is 4. The quantitative estimate of drug-likeness (QED) is 0.0224. The van der Waals surface area contributed by atoms with E-state index in [-0.39, 0.29) is 109 Å². The number of amides is 8. The molecule has 8 aromatic rings. The van der Waals surface area contributed by atoms with Gasteiger partial charge >= 0.3 is 0 Å². The molecule has 8 amide bonds. The molecule has 4 aliphatic carbocycles. The molecule has 9 aliphatic rings. The van der Waals surface area contributed by atoms with Gasteiger partial charge in [-0.3, -0.25) is 38.4 Å². The number of thiazole rings is 4. The molecular weight excluding hydrogens is 1890 g/mol. The van der Waals surface area contributed by atoms with Crippen molar-refractivity contribution in [1.82, 2.24) is 80.7 Å². The normalized spacial score (nSPS) is 21.9. The van der Waals surface area contributed by atoms with E-state index in [1.165, 1.54) is 35.5 Å². The maximum Gasteiger partial charge on any atom is 0.280 e. The molecule has 0 radical (unpaired) electrons. The van der Waals surface area contributed by atoms with Gasteiger partial charge in [0.2, 0.25) is 0 Å². The average molecular weight is 2020 g/mol. The molecule has 4 saturated carbocycles. The van der Waals surface area contributed by atoms with Gasteiger partial charge in [-0.2, -0.15) is 0 Å². The van der Waals surface area contributed by atoms with Crippen LogP contribution in [-0.2, 0) is 9.84 Å². The van der Waals surface area contributed by atoms with Crippen LogP contribution in [0.25, 0.3) is 41.8 Å². The van der Waals surface area contributed by atoms with Gasteiger partial charge in [0.25, 0.3) is 59.1 Å². The van der Waals surface area contributed by atoms with Gasteiger partial charge in [-0.15, -0.1) is 45.3 Å². The predicted molar refractivity (Wildman–Crippen MR) is 530 cm³/mol. The van der Waals surface area contributed by atoms with E-state index in [2.05, 4.69) is 117 Å². The molecule has 752 valence electrons. The summed E-state index contributed by atoms with van der Waals surface area (Å²) in [4.78, 5) is 149. The Morgan fingerprint density at radius 1 is 0.482 bits per heavy atom. The molecule has 13 heterocycles. The number of rotatable bonds is 26. The Morgan fingerprint density at radius 2 is 0.863 bits per heavy atom. The van der Waals surface area contributed by atoms with E-state index in [9.17, 15) is 79.7 Å². The molecule has 0 bridgehead atoms. The monoisotopic (exact) mass is 2020 g/mol. The predicted octanol–water partition coefficient (Wildman–Crippen LogP) is 14.6. The summed E-state index contributed by atoms with van der Waals surface area (Å²) >= 11 is 4.41. The SMILES string of the molecule is Cc1cc(NC(C)C)ncc1-c1sc(C(=O)NC2CC(C)(O)C2)nc1C(=O)N1CC(F)(F)C[C@@H]1C.Cc1cc(NC2(C)CC2)ncc1-c1sc(C(=O)NCC(C)(C)O)nc1C(=O)N1CCC[C@@H]1C.Cc1cc(NC2CCCC2)ncc1-c1sc(C(=O)NCC2(O)CC2)nc1C(=O)N1CCC[C@@H]1C.Cc1cc(NCC(C)(C)C)ncc1-c1sc(C(=O)NC2CS(=O)(=O)C2)nc1C(=O)N1CC(F)(F)C[C@@H]1C. The number of anilines is 4.